The van der Waals surface area contributed by atoms with Crippen LogP contribution in [0.5, 0.6) is 0 Å². The smallest absolute Gasteiger partial charge is 0.345 e. The van der Waals surface area contributed by atoms with Crippen LogP contribution in [0.4, 0.5) is 0 Å². The molecule has 3 N–H and O–H groups in total. The summed E-state index contributed by atoms with van der Waals surface area (Å²) in [6.07, 6.45) is 0.332. The maximum atomic E-state index is 12.8. The molecule has 10 heteroatoms. The van der Waals surface area contributed by atoms with Gasteiger partial charge in [-0.1, -0.05) is 48.5 Å². The summed E-state index contributed by atoms with van der Waals surface area (Å²) in [6.45, 7) is 1.32. The number of phosphoric acid groups is 1. The number of rotatable bonds is 8. The fourth-order valence-electron chi connectivity index (χ4n) is 2.76. The van der Waals surface area contributed by atoms with E-state index in [2.05, 4.69) is 20.0 Å². The Morgan fingerprint density at radius 2 is 1.72 bits per heavy atom. The Morgan fingerprint density at radius 3 is 2.34 bits per heavy atom. The number of aromatic nitrogens is 3. The first-order valence-corrected chi connectivity index (χ1v) is 10.4. The first-order valence-electron chi connectivity index (χ1n) is 8.86. The van der Waals surface area contributed by atoms with Crippen LogP contribution in [0, 0.1) is 6.92 Å². The normalized spacial score (nSPS) is 12.5. The van der Waals surface area contributed by atoms with Gasteiger partial charge in [0.05, 0.1) is 24.0 Å². The predicted octanol–water partition coefficient (Wildman–Crippen LogP) is 2.03. The predicted molar refractivity (Wildman–Crippen MR) is 105 cm³/mol. The zero-order valence-electron chi connectivity index (χ0n) is 15.7. The van der Waals surface area contributed by atoms with E-state index in [0.29, 0.717) is 17.8 Å². The lowest BCUT2D eigenvalue weighted by molar-refractivity contribution is 0.0903. The van der Waals surface area contributed by atoms with Gasteiger partial charge in [-0.25, -0.2) is 4.57 Å². The average molecular weight is 416 g/mol. The highest BCUT2D eigenvalue weighted by molar-refractivity contribution is 7.46. The SMILES string of the molecule is Cc1nn(-c2ccccc2)nc1C(=O)NC(COP(=O)(O)O)Cc1ccccc1. The van der Waals surface area contributed by atoms with Crippen molar-refractivity contribution in [2.24, 2.45) is 0 Å². The monoisotopic (exact) mass is 416 g/mol. The molecule has 9 nitrogen and oxygen atoms in total. The molecule has 1 heterocycles. The van der Waals surface area contributed by atoms with E-state index >= 15 is 0 Å². The number of nitrogens with zero attached hydrogens (tertiary/aromatic N) is 3. The Kier molecular flexibility index (Phi) is 6.56. The van der Waals surface area contributed by atoms with Crippen molar-refractivity contribution < 1.29 is 23.7 Å². The van der Waals surface area contributed by atoms with Crippen LogP contribution in [0.3, 0.4) is 0 Å². The molecule has 0 spiro atoms. The van der Waals surface area contributed by atoms with Crippen molar-refractivity contribution >= 4 is 13.7 Å². The van der Waals surface area contributed by atoms with E-state index in [-0.39, 0.29) is 12.3 Å². The molecule has 1 unspecified atom stereocenters. The summed E-state index contributed by atoms with van der Waals surface area (Å²) in [7, 11) is -4.67. The van der Waals surface area contributed by atoms with Gasteiger partial charge in [-0.05, 0) is 31.0 Å². The molecule has 0 saturated carbocycles. The quantitative estimate of drug-likeness (QED) is 0.480. The molecule has 0 aliphatic heterocycles. The van der Waals surface area contributed by atoms with E-state index in [1.54, 1.807) is 6.92 Å². The highest BCUT2D eigenvalue weighted by Crippen LogP contribution is 2.35. The van der Waals surface area contributed by atoms with Gasteiger partial charge in [0.15, 0.2) is 5.69 Å². The van der Waals surface area contributed by atoms with Crippen LogP contribution in [-0.2, 0) is 15.5 Å². The number of phosphoric ester groups is 1. The molecule has 0 fully saturated rings. The number of nitrogens with one attached hydrogen (secondary N) is 1. The van der Waals surface area contributed by atoms with Crippen molar-refractivity contribution in [3.05, 3.63) is 77.6 Å². The summed E-state index contributed by atoms with van der Waals surface area (Å²) >= 11 is 0. The third kappa shape index (κ3) is 6.07. The van der Waals surface area contributed by atoms with Crippen LogP contribution in [0.2, 0.25) is 0 Å². The number of hydrogen-bond donors (Lipinski definition) is 3. The van der Waals surface area contributed by atoms with Gasteiger partial charge in [0.1, 0.15) is 0 Å². The summed E-state index contributed by atoms with van der Waals surface area (Å²) in [5.74, 6) is -0.500. The fraction of sp³-hybridized carbons (Fsp3) is 0.211. The van der Waals surface area contributed by atoms with E-state index in [1.165, 1.54) is 4.80 Å². The van der Waals surface area contributed by atoms with Crippen molar-refractivity contribution in [2.75, 3.05) is 6.61 Å². The standard InChI is InChI=1S/C19H21N4O5P/c1-14-18(22-23(21-14)17-10-6-3-7-11-17)19(24)20-16(13-28-29(25,26)27)12-15-8-4-2-5-9-15/h2-11,16H,12-13H2,1H3,(H,20,24)(H2,25,26,27). The van der Waals surface area contributed by atoms with Gasteiger partial charge in [0, 0.05) is 0 Å². The van der Waals surface area contributed by atoms with E-state index < -0.39 is 19.8 Å². The van der Waals surface area contributed by atoms with Crippen LogP contribution in [0.15, 0.2) is 60.7 Å². The van der Waals surface area contributed by atoms with E-state index in [4.69, 9.17) is 9.79 Å². The topological polar surface area (TPSA) is 127 Å². The molecule has 1 aromatic heterocycles. The molecule has 0 aliphatic rings. The van der Waals surface area contributed by atoms with Gasteiger partial charge in [0.25, 0.3) is 5.91 Å². The lowest BCUT2D eigenvalue weighted by Crippen LogP contribution is -2.40. The Bertz CT molecular complexity index is 1000. The molecule has 0 saturated heterocycles. The van der Waals surface area contributed by atoms with Gasteiger partial charge in [-0.3, -0.25) is 9.32 Å². The number of aryl methyl sites for hydroxylation is 1. The third-order valence-electron chi connectivity index (χ3n) is 4.09. The first kappa shape index (κ1) is 20.9. The highest BCUT2D eigenvalue weighted by atomic mass is 31.2. The lowest BCUT2D eigenvalue weighted by Gasteiger charge is -2.19. The molecule has 0 aliphatic carbocycles. The number of carbonyl (C=O) groups excluding carboxylic acids is 1. The second-order valence-corrected chi connectivity index (χ2v) is 7.64. The van der Waals surface area contributed by atoms with Gasteiger partial charge < -0.3 is 15.1 Å². The van der Waals surface area contributed by atoms with Crippen molar-refractivity contribution in [3.8, 4) is 5.69 Å². The van der Waals surface area contributed by atoms with Gasteiger partial charge in [-0.2, -0.15) is 9.90 Å². The van der Waals surface area contributed by atoms with E-state index in [0.717, 1.165) is 5.56 Å². The summed E-state index contributed by atoms with van der Waals surface area (Å²) in [5, 5.41) is 11.3. The second kappa shape index (κ2) is 9.11. The zero-order valence-corrected chi connectivity index (χ0v) is 16.6. The minimum atomic E-state index is -4.67. The molecule has 1 amide bonds. The van der Waals surface area contributed by atoms with Gasteiger partial charge >= 0.3 is 7.82 Å². The van der Waals surface area contributed by atoms with Crippen molar-refractivity contribution in [3.63, 3.8) is 0 Å². The van der Waals surface area contributed by atoms with Gasteiger partial charge in [0.2, 0.25) is 0 Å². The molecular formula is C19H21N4O5P. The number of para-hydroxylation sites is 1. The summed E-state index contributed by atoms with van der Waals surface area (Å²) < 4.78 is 15.7. The maximum absolute atomic E-state index is 12.8. The number of amides is 1. The third-order valence-corrected chi connectivity index (χ3v) is 4.57. The molecule has 3 rings (SSSR count). The zero-order chi connectivity index (χ0) is 20.9. The fourth-order valence-corrected chi connectivity index (χ4v) is 3.13. The van der Waals surface area contributed by atoms with Crippen LogP contribution in [0.1, 0.15) is 21.7 Å². The summed E-state index contributed by atoms with van der Waals surface area (Å²) in [4.78, 5) is 32.1. The number of benzene rings is 2. The van der Waals surface area contributed by atoms with Crippen LogP contribution in [-0.4, -0.2) is 43.3 Å². The Balaban J connectivity index is 1.76. The molecular weight excluding hydrogens is 395 g/mol. The average Bonchev–Trinajstić information content (AvgIpc) is 3.09. The first-order chi connectivity index (χ1) is 13.8. The Labute approximate surface area is 167 Å². The van der Waals surface area contributed by atoms with Gasteiger partial charge in [-0.15, -0.1) is 5.10 Å². The minimum Gasteiger partial charge on any atom is -0.345 e. The largest absolute Gasteiger partial charge is 0.469 e. The second-order valence-electron chi connectivity index (χ2n) is 6.41. The summed E-state index contributed by atoms with van der Waals surface area (Å²) in [6, 6.07) is 17.7. The van der Waals surface area contributed by atoms with Crippen LogP contribution < -0.4 is 5.32 Å². The molecule has 2 aromatic carbocycles. The molecule has 1 atom stereocenters. The minimum absolute atomic E-state index is 0.128. The van der Waals surface area contributed by atoms with Crippen molar-refractivity contribution in [1.29, 1.82) is 0 Å². The lowest BCUT2D eigenvalue weighted by atomic mass is 10.1. The van der Waals surface area contributed by atoms with E-state index in [1.807, 2.05) is 60.7 Å². The van der Waals surface area contributed by atoms with Crippen molar-refractivity contribution in [1.82, 2.24) is 20.3 Å². The van der Waals surface area contributed by atoms with E-state index in [9.17, 15) is 9.36 Å². The number of carbonyl (C=O) groups is 1. The maximum Gasteiger partial charge on any atom is 0.469 e. The molecule has 29 heavy (non-hydrogen) atoms. The van der Waals surface area contributed by atoms with Crippen molar-refractivity contribution in [2.45, 2.75) is 19.4 Å². The number of hydrogen-bond acceptors (Lipinski definition) is 5. The van der Waals surface area contributed by atoms with Crippen LogP contribution in [0.25, 0.3) is 5.69 Å². The molecule has 0 bridgehead atoms. The molecule has 0 radical (unpaired) electrons. The highest BCUT2D eigenvalue weighted by Gasteiger charge is 2.23. The summed E-state index contributed by atoms with van der Waals surface area (Å²) in [5.41, 5.74) is 2.15. The Morgan fingerprint density at radius 1 is 1.10 bits per heavy atom. The molecule has 152 valence electrons. The Hall–Kier alpha value is -2.84. The molecule has 3 aromatic rings. The van der Waals surface area contributed by atoms with Crippen LogP contribution >= 0.6 is 7.82 Å².